The van der Waals surface area contributed by atoms with Crippen molar-refractivity contribution < 1.29 is 0 Å². The first-order chi connectivity index (χ1) is 25.6. The molecule has 0 radical (unpaired) electrons. The van der Waals surface area contributed by atoms with Gasteiger partial charge in [-0.25, -0.2) is 0 Å². The fourth-order valence-electron chi connectivity index (χ4n) is 7.77. The molecule has 0 spiro atoms. The van der Waals surface area contributed by atoms with Crippen molar-refractivity contribution in [1.82, 2.24) is 0 Å². The van der Waals surface area contributed by atoms with Crippen LogP contribution in [0.1, 0.15) is 48.8 Å². The van der Waals surface area contributed by atoms with Gasteiger partial charge in [-0.1, -0.05) is 178 Å². The molecule has 2 aliphatic carbocycles. The predicted molar refractivity (Wildman–Crippen MR) is 223 cm³/mol. The van der Waals surface area contributed by atoms with E-state index in [1.807, 2.05) is 0 Å². The number of hydrogen-bond donors (Lipinski definition) is 1. The molecule has 0 amide bonds. The first-order valence-electron chi connectivity index (χ1n) is 18.4. The van der Waals surface area contributed by atoms with Gasteiger partial charge in [-0.15, -0.1) is 0 Å². The van der Waals surface area contributed by atoms with Crippen LogP contribution >= 0.6 is 0 Å². The number of rotatable bonds is 9. The Morgan fingerprint density at radius 1 is 0.577 bits per heavy atom. The SMILES string of the molecule is CC(C)c1c(-c2c(Nc3ccccc3)cc(-c3ccccc3)cc2-c2ccccc2)cccc1C1C=C(C2=CCC=CC=C2)C=C1c1ccccc1. The van der Waals surface area contributed by atoms with Crippen LogP contribution in [0.5, 0.6) is 0 Å². The maximum absolute atomic E-state index is 3.89. The average molecular weight is 670 g/mol. The van der Waals surface area contributed by atoms with E-state index in [1.54, 1.807) is 0 Å². The van der Waals surface area contributed by atoms with Gasteiger partial charge in [-0.2, -0.15) is 0 Å². The third-order valence-corrected chi connectivity index (χ3v) is 10.1. The molecule has 8 rings (SSSR count). The molecule has 1 N–H and O–H groups in total. The molecule has 0 saturated carbocycles. The third kappa shape index (κ3) is 6.78. The molecule has 0 heterocycles. The third-order valence-electron chi connectivity index (χ3n) is 10.1. The van der Waals surface area contributed by atoms with E-state index in [-0.39, 0.29) is 11.8 Å². The van der Waals surface area contributed by atoms with Crippen LogP contribution < -0.4 is 5.32 Å². The Morgan fingerprint density at radius 2 is 1.23 bits per heavy atom. The summed E-state index contributed by atoms with van der Waals surface area (Å²) >= 11 is 0. The van der Waals surface area contributed by atoms with Crippen LogP contribution in [0.15, 0.2) is 205 Å². The predicted octanol–water partition coefficient (Wildman–Crippen LogP) is 14.1. The van der Waals surface area contributed by atoms with E-state index in [2.05, 4.69) is 213 Å². The van der Waals surface area contributed by atoms with Crippen molar-refractivity contribution in [3.05, 3.63) is 222 Å². The van der Waals surface area contributed by atoms with Gasteiger partial charge in [0.2, 0.25) is 0 Å². The summed E-state index contributed by atoms with van der Waals surface area (Å²) in [6, 6.07) is 54.8. The van der Waals surface area contributed by atoms with Crippen molar-refractivity contribution in [2.75, 3.05) is 5.32 Å². The molecule has 0 fully saturated rings. The van der Waals surface area contributed by atoms with Gasteiger partial charge < -0.3 is 5.32 Å². The second kappa shape index (κ2) is 15.0. The first kappa shape index (κ1) is 33.0. The molecule has 0 bridgehead atoms. The highest BCUT2D eigenvalue weighted by Crippen LogP contribution is 2.50. The highest BCUT2D eigenvalue weighted by molar-refractivity contribution is 5.98. The summed E-state index contributed by atoms with van der Waals surface area (Å²) in [5, 5.41) is 3.89. The summed E-state index contributed by atoms with van der Waals surface area (Å²) in [7, 11) is 0. The largest absolute Gasteiger partial charge is 0.355 e. The maximum atomic E-state index is 3.89. The van der Waals surface area contributed by atoms with Gasteiger partial charge in [0.05, 0.1) is 0 Å². The van der Waals surface area contributed by atoms with Gasteiger partial charge in [0.1, 0.15) is 0 Å². The Kier molecular flexibility index (Phi) is 9.50. The molecule has 1 nitrogen and oxygen atoms in total. The molecule has 1 atom stereocenters. The molecule has 0 aliphatic heterocycles. The van der Waals surface area contributed by atoms with E-state index in [9.17, 15) is 0 Å². The summed E-state index contributed by atoms with van der Waals surface area (Å²) in [6.45, 7) is 4.70. The molecule has 0 aromatic heterocycles. The Bertz CT molecular complexity index is 2340. The van der Waals surface area contributed by atoms with Crippen molar-refractivity contribution in [1.29, 1.82) is 0 Å². The standard InChI is InChI=1S/C51H43N/c1-36(2)50-44(48-34-41(37-20-9-3-4-10-21-37)32-46(48)39-24-13-6-14-25-39)30-19-31-45(50)51-47(40-26-15-7-16-27-40)33-42(38-22-11-5-12-23-38)35-49(51)52-43-28-17-8-18-29-43/h3-9,11-36,48,52H,10H2,1-2H3. The molecule has 252 valence electrons. The molecule has 1 unspecified atom stereocenters. The Labute approximate surface area is 308 Å². The molecule has 0 saturated heterocycles. The van der Waals surface area contributed by atoms with Crippen molar-refractivity contribution in [3.8, 4) is 33.4 Å². The Hall–Kier alpha value is -6.18. The highest BCUT2D eigenvalue weighted by atomic mass is 14.9. The number of nitrogens with one attached hydrogen (secondary N) is 1. The van der Waals surface area contributed by atoms with Gasteiger partial charge in [0, 0.05) is 22.9 Å². The van der Waals surface area contributed by atoms with E-state index in [1.165, 1.54) is 66.8 Å². The number of anilines is 2. The van der Waals surface area contributed by atoms with Gasteiger partial charge in [0.25, 0.3) is 0 Å². The van der Waals surface area contributed by atoms with Gasteiger partial charge in [0.15, 0.2) is 0 Å². The van der Waals surface area contributed by atoms with Gasteiger partial charge in [-0.3, -0.25) is 0 Å². The number of allylic oxidation sites excluding steroid dienone is 10. The number of hydrogen-bond acceptors (Lipinski definition) is 1. The molecule has 1 heteroatoms. The quantitative estimate of drug-likeness (QED) is 0.162. The van der Waals surface area contributed by atoms with E-state index >= 15 is 0 Å². The minimum Gasteiger partial charge on any atom is -0.355 e. The zero-order chi connectivity index (χ0) is 35.3. The number of para-hydroxylation sites is 1. The summed E-state index contributed by atoms with van der Waals surface area (Å²) in [5.41, 5.74) is 17.3. The van der Waals surface area contributed by atoms with Crippen LogP contribution in [0.4, 0.5) is 11.4 Å². The lowest BCUT2D eigenvalue weighted by atomic mass is 9.78. The van der Waals surface area contributed by atoms with Crippen molar-refractivity contribution >= 4 is 16.9 Å². The first-order valence-corrected chi connectivity index (χ1v) is 18.4. The maximum Gasteiger partial charge on any atom is 0.0476 e. The monoisotopic (exact) mass is 669 g/mol. The lowest BCUT2D eigenvalue weighted by Gasteiger charge is -2.27. The minimum atomic E-state index is 0.106. The molecular formula is C51H43N. The van der Waals surface area contributed by atoms with Crippen LogP contribution in [0.3, 0.4) is 0 Å². The van der Waals surface area contributed by atoms with Crippen molar-refractivity contribution in [2.24, 2.45) is 0 Å². The van der Waals surface area contributed by atoms with Crippen LogP contribution in [-0.4, -0.2) is 0 Å². The molecule has 52 heavy (non-hydrogen) atoms. The van der Waals surface area contributed by atoms with E-state index < -0.39 is 0 Å². The Morgan fingerprint density at radius 3 is 1.92 bits per heavy atom. The van der Waals surface area contributed by atoms with Crippen LogP contribution in [0.25, 0.3) is 39.0 Å². The summed E-state index contributed by atoms with van der Waals surface area (Å²) < 4.78 is 0. The second-order valence-corrected chi connectivity index (χ2v) is 13.9. The average Bonchev–Trinajstić information content (AvgIpc) is 3.46. The molecule has 2 aliphatic rings. The summed E-state index contributed by atoms with van der Waals surface area (Å²) in [6.07, 6.45) is 17.0. The highest BCUT2D eigenvalue weighted by Gasteiger charge is 2.29. The van der Waals surface area contributed by atoms with Gasteiger partial charge in [-0.05, 0) is 104 Å². The fraction of sp³-hybridized carbons (Fsp3) is 0.0980. The van der Waals surface area contributed by atoms with Gasteiger partial charge >= 0.3 is 0 Å². The Balaban J connectivity index is 1.38. The fourth-order valence-corrected chi connectivity index (χ4v) is 7.77. The van der Waals surface area contributed by atoms with Crippen LogP contribution in [0.2, 0.25) is 0 Å². The molecular weight excluding hydrogens is 627 g/mol. The normalized spacial score (nSPS) is 15.2. The topological polar surface area (TPSA) is 12.0 Å². The smallest absolute Gasteiger partial charge is 0.0476 e. The van der Waals surface area contributed by atoms with E-state index in [0.29, 0.717) is 0 Å². The van der Waals surface area contributed by atoms with Crippen LogP contribution in [0, 0.1) is 0 Å². The lowest BCUT2D eigenvalue weighted by molar-refractivity contribution is 0.844. The summed E-state index contributed by atoms with van der Waals surface area (Å²) in [4.78, 5) is 0. The van der Waals surface area contributed by atoms with Crippen molar-refractivity contribution in [3.63, 3.8) is 0 Å². The molecule has 6 aromatic rings. The van der Waals surface area contributed by atoms with E-state index in [0.717, 1.165) is 17.8 Å². The zero-order valence-corrected chi connectivity index (χ0v) is 29.8. The number of benzene rings is 6. The minimum absolute atomic E-state index is 0.106. The van der Waals surface area contributed by atoms with Crippen molar-refractivity contribution in [2.45, 2.75) is 32.1 Å². The zero-order valence-electron chi connectivity index (χ0n) is 29.8. The van der Waals surface area contributed by atoms with E-state index in [4.69, 9.17) is 0 Å². The molecule has 6 aromatic carbocycles. The second-order valence-electron chi connectivity index (χ2n) is 13.9. The summed E-state index contributed by atoms with van der Waals surface area (Å²) in [5.74, 6) is 0.374. The van der Waals surface area contributed by atoms with Crippen LogP contribution in [-0.2, 0) is 0 Å². The lowest BCUT2D eigenvalue weighted by Crippen LogP contribution is -2.07.